The third kappa shape index (κ3) is 4.17. The number of nitrogens with zero attached hydrogens (tertiary/aromatic N) is 1. The highest BCUT2D eigenvalue weighted by Gasteiger charge is 2.14. The molecule has 106 valence electrons. The van der Waals surface area contributed by atoms with Crippen LogP contribution in [0, 0.1) is 11.6 Å². The van der Waals surface area contributed by atoms with Gasteiger partial charge in [0.1, 0.15) is 17.3 Å². The van der Waals surface area contributed by atoms with Crippen LogP contribution in [0.1, 0.15) is 24.2 Å². The van der Waals surface area contributed by atoms with Gasteiger partial charge in [-0.15, -0.1) is 0 Å². The average molecular weight is 272 g/mol. The second-order valence-electron chi connectivity index (χ2n) is 4.62. The number of nitrogens with one attached hydrogen (secondary N) is 1. The number of aromatic carboxylic acids is 1. The molecule has 0 fully saturated rings. The molecule has 0 radical (unpaired) electrons. The predicted molar refractivity (Wildman–Crippen MR) is 69.6 cm³/mol. The lowest BCUT2D eigenvalue weighted by atomic mass is 10.2. The first-order valence-corrected chi connectivity index (χ1v) is 5.99. The minimum absolute atomic E-state index is 0.290. The molecular weight excluding hydrogens is 254 g/mol. The normalized spacial score (nSPS) is 11.1. The van der Waals surface area contributed by atoms with Crippen molar-refractivity contribution in [3.63, 3.8) is 0 Å². The van der Waals surface area contributed by atoms with Gasteiger partial charge in [-0.25, -0.2) is 13.6 Å². The van der Waals surface area contributed by atoms with Crippen LogP contribution in [0.2, 0.25) is 0 Å². The Morgan fingerprint density at radius 1 is 1.37 bits per heavy atom. The Morgan fingerprint density at radius 3 is 2.32 bits per heavy atom. The zero-order valence-electron chi connectivity index (χ0n) is 11.2. The molecule has 0 aromatic heterocycles. The number of hydrogen-bond donors (Lipinski definition) is 2. The van der Waals surface area contributed by atoms with E-state index in [0.717, 1.165) is 12.1 Å². The molecule has 0 aliphatic rings. The summed E-state index contributed by atoms with van der Waals surface area (Å²) in [6.45, 7) is 5.03. The van der Waals surface area contributed by atoms with Gasteiger partial charge in [0.2, 0.25) is 0 Å². The molecule has 0 atom stereocenters. The van der Waals surface area contributed by atoms with Crippen molar-refractivity contribution < 1.29 is 18.7 Å². The average Bonchev–Trinajstić information content (AvgIpc) is 2.31. The van der Waals surface area contributed by atoms with E-state index in [4.69, 9.17) is 5.11 Å². The van der Waals surface area contributed by atoms with Gasteiger partial charge < -0.3 is 15.3 Å². The first-order chi connectivity index (χ1) is 8.82. The topological polar surface area (TPSA) is 52.6 Å². The van der Waals surface area contributed by atoms with E-state index in [0.29, 0.717) is 19.1 Å². The van der Waals surface area contributed by atoms with Crippen LogP contribution in [0.5, 0.6) is 0 Å². The zero-order chi connectivity index (χ0) is 14.6. The van der Waals surface area contributed by atoms with Crippen molar-refractivity contribution in [2.45, 2.75) is 19.9 Å². The quantitative estimate of drug-likeness (QED) is 0.835. The maximum absolute atomic E-state index is 13.6. The summed E-state index contributed by atoms with van der Waals surface area (Å²) < 4.78 is 27.1. The number of carbonyl (C=O) groups is 1. The molecule has 1 aromatic carbocycles. The Hall–Kier alpha value is -1.69. The van der Waals surface area contributed by atoms with Crippen LogP contribution in [-0.4, -0.2) is 42.2 Å². The molecule has 1 rings (SSSR count). The summed E-state index contributed by atoms with van der Waals surface area (Å²) in [4.78, 5) is 12.7. The van der Waals surface area contributed by atoms with E-state index in [1.54, 1.807) is 0 Å². The van der Waals surface area contributed by atoms with E-state index >= 15 is 0 Å². The molecule has 0 saturated heterocycles. The van der Waals surface area contributed by atoms with E-state index in [2.05, 4.69) is 5.32 Å². The van der Waals surface area contributed by atoms with Crippen LogP contribution >= 0.6 is 0 Å². The van der Waals surface area contributed by atoms with Gasteiger partial charge in [0.25, 0.3) is 0 Å². The van der Waals surface area contributed by atoms with Crippen molar-refractivity contribution in [1.29, 1.82) is 0 Å². The van der Waals surface area contributed by atoms with Crippen LogP contribution in [0.4, 0.5) is 14.5 Å². The Labute approximate surface area is 111 Å². The highest BCUT2D eigenvalue weighted by atomic mass is 19.1. The summed E-state index contributed by atoms with van der Waals surface area (Å²) in [6, 6.07) is 1.95. The summed E-state index contributed by atoms with van der Waals surface area (Å²) >= 11 is 0. The molecule has 0 aliphatic heterocycles. The van der Waals surface area contributed by atoms with Gasteiger partial charge in [0.05, 0.1) is 5.56 Å². The zero-order valence-corrected chi connectivity index (χ0v) is 11.2. The fourth-order valence-electron chi connectivity index (χ4n) is 1.48. The van der Waals surface area contributed by atoms with E-state index in [1.165, 1.54) is 0 Å². The van der Waals surface area contributed by atoms with Crippen molar-refractivity contribution in [2.24, 2.45) is 0 Å². The lowest BCUT2D eigenvalue weighted by molar-refractivity contribution is 0.0696. The van der Waals surface area contributed by atoms with Crippen LogP contribution in [-0.2, 0) is 0 Å². The molecule has 4 nitrogen and oxygen atoms in total. The lowest BCUT2D eigenvalue weighted by Gasteiger charge is -2.21. The number of carboxylic acids is 1. The minimum Gasteiger partial charge on any atom is -0.478 e. The Kier molecular flexibility index (Phi) is 5.23. The van der Waals surface area contributed by atoms with Crippen molar-refractivity contribution in [2.75, 3.05) is 25.5 Å². The second kappa shape index (κ2) is 6.47. The standard InChI is InChI=1S/C13H18F2N2O2/c1-8(2)17(3)5-4-16-12-10(14)6-9(13(18)19)7-11(12)15/h6-8,16H,4-5H2,1-3H3,(H,18,19). The van der Waals surface area contributed by atoms with E-state index in [-0.39, 0.29) is 5.69 Å². The van der Waals surface area contributed by atoms with Gasteiger partial charge in [0.15, 0.2) is 0 Å². The third-order valence-electron chi connectivity index (χ3n) is 2.94. The molecule has 0 spiro atoms. The lowest BCUT2D eigenvalue weighted by Crippen LogP contribution is -2.31. The molecule has 1 aromatic rings. The van der Waals surface area contributed by atoms with Crippen molar-refractivity contribution >= 4 is 11.7 Å². The van der Waals surface area contributed by atoms with E-state index in [1.807, 2.05) is 25.8 Å². The number of hydrogen-bond acceptors (Lipinski definition) is 3. The first-order valence-electron chi connectivity index (χ1n) is 5.99. The molecule has 2 N–H and O–H groups in total. The van der Waals surface area contributed by atoms with Crippen molar-refractivity contribution in [3.8, 4) is 0 Å². The third-order valence-corrected chi connectivity index (χ3v) is 2.94. The molecule has 0 amide bonds. The molecule has 0 aliphatic carbocycles. The smallest absolute Gasteiger partial charge is 0.335 e. The largest absolute Gasteiger partial charge is 0.478 e. The highest BCUT2D eigenvalue weighted by Crippen LogP contribution is 2.20. The van der Waals surface area contributed by atoms with Gasteiger partial charge in [0, 0.05) is 19.1 Å². The molecule has 0 unspecified atom stereocenters. The maximum atomic E-state index is 13.6. The van der Waals surface area contributed by atoms with Gasteiger partial charge in [-0.1, -0.05) is 0 Å². The van der Waals surface area contributed by atoms with E-state index < -0.39 is 23.2 Å². The summed E-state index contributed by atoms with van der Waals surface area (Å²) in [5, 5.41) is 11.3. The number of benzene rings is 1. The number of halogens is 2. The SMILES string of the molecule is CC(C)N(C)CCNc1c(F)cc(C(=O)O)cc1F. The summed E-state index contributed by atoms with van der Waals surface area (Å²) in [5.74, 6) is -3.15. The van der Waals surface area contributed by atoms with Crippen LogP contribution < -0.4 is 5.32 Å². The predicted octanol–water partition coefficient (Wildman–Crippen LogP) is 2.42. The van der Waals surface area contributed by atoms with Gasteiger partial charge in [-0.3, -0.25) is 0 Å². The summed E-state index contributed by atoms with van der Waals surface area (Å²) in [7, 11) is 1.91. The monoisotopic (exact) mass is 272 g/mol. The van der Waals surface area contributed by atoms with Gasteiger partial charge in [-0.05, 0) is 33.0 Å². The van der Waals surface area contributed by atoms with Crippen molar-refractivity contribution in [1.82, 2.24) is 4.90 Å². The molecule has 6 heteroatoms. The first kappa shape index (κ1) is 15.4. The molecular formula is C13H18F2N2O2. The molecule has 0 saturated carbocycles. The Bertz CT molecular complexity index is 441. The number of anilines is 1. The van der Waals surface area contributed by atoms with Crippen molar-refractivity contribution in [3.05, 3.63) is 29.3 Å². The highest BCUT2D eigenvalue weighted by molar-refractivity contribution is 5.88. The maximum Gasteiger partial charge on any atom is 0.335 e. The van der Waals surface area contributed by atoms with Crippen LogP contribution in [0.25, 0.3) is 0 Å². The number of carboxylic acid groups (broad SMARTS) is 1. The minimum atomic E-state index is -1.36. The Balaban J connectivity index is 2.72. The van der Waals surface area contributed by atoms with E-state index in [9.17, 15) is 13.6 Å². The molecule has 19 heavy (non-hydrogen) atoms. The van der Waals surface area contributed by atoms with Crippen LogP contribution in [0.3, 0.4) is 0 Å². The molecule has 0 bridgehead atoms. The molecule has 0 heterocycles. The Morgan fingerprint density at radius 2 is 1.89 bits per heavy atom. The van der Waals surface area contributed by atoms with Gasteiger partial charge in [-0.2, -0.15) is 0 Å². The fraction of sp³-hybridized carbons (Fsp3) is 0.462. The number of likely N-dealkylation sites (N-methyl/N-ethyl adjacent to an activating group) is 1. The fourth-order valence-corrected chi connectivity index (χ4v) is 1.48. The number of rotatable bonds is 6. The summed E-state index contributed by atoms with van der Waals surface area (Å²) in [5.41, 5.74) is -0.693. The van der Waals surface area contributed by atoms with Crippen LogP contribution in [0.15, 0.2) is 12.1 Å². The second-order valence-corrected chi connectivity index (χ2v) is 4.62. The summed E-state index contributed by atoms with van der Waals surface area (Å²) in [6.07, 6.45) is 0. The van der Waals surface area contributed by atoms with Gasteiger partial charge >= 0.3 is 5.97 Å².